The number of fused-ring (bicyclic) bond motifs is 1. The van der Waals surface area contributed by atoms with Crippen molar-refractivity contribution in [3.05, 3.63) is 57.3 Å². The van der Waals surface area contributed by atoms with Gasteiger partial charge in [-0.05, 0) is 61.7 Å². The third kappa shape index (κ3) is 4.14. The Balaban J connectivity index is 1.92. The maximum absolute atomic E-state index is 13.4. The van der Waals surface area contributed by atoms with Crippen LogP contribution < -0.4 is 0 Å². The maximum Gasteiger partial charge on any atom is 0.243 e. The lowest BCUT2D eigenvalue weighted by Crippen LogP contribution is -2.48. The van der Waals surface area contributed by atoms with Gasteiger partial charge in [0.1, 0.15) is 6.54 Å². The zero-order valence-corrected chi connectivity index (χ0v) is 18.1. The van der Waals surface area contributed by atoms with Gasteiger partial charge in [0.15, 0.2) is 0 Å². The summed E-state index contributed by atoms with van der Waals surface area (Å²) in [5, 5.41) is 2.12. The SMILES string of the molecule is CCCC(=O)N(CC(=O)N1CCc2sccc2[C@H]1c1ccccc1C)C(C)C. The normalized spacial score (nSPS) is 16.2. The maximum atomic E-state index is 13.4. The van der Waals surface area contributed by atoms with Crippen LogP contribution in [-0.2, 0) is 16.0 Å². The molecule has 3 rings (SSSR count). The number of hydrogen-bond acceptors (Lipinski definition) is 3. The minimum Gasteiger partial charge on any atom is -0.331 e. The van der Waals surface area contributed by atoms with Gasteiger partial charge in [0.25, 0.3) is 0 Å². The summed E-state index contributed by atoms with van der Waals surface area (Å²) in [6, 6.07) is 10.4. The van der Waals surface area contributed by atoms with E-state index in [1.165, 1.54) is 21.6 Å². The molecule has 1 atom stereocenters. The molecule has 0 bridgehead atoms. The van der Waals surface area contributed by atoms with E-state index in [1.54, 1.807) is 16.2 Å². The average molecular weight is 399 g/mol. The van der Waals surface area contributed by atoms with E-state index >= 15 is 0 Å². The highest BCUT2D eigenvalue weighted by Gasteiger charge is 2.34. The van der Waals surface area contributed by atoms with Crippen LogP contribution in [0.2, 0.25) is 0 Å². The first-order valence-corrected chi connectivity index (χ1v) is 11.0. The van der Waals surface area contributed by atoms with Gasteiger partial charge < -0.3 is 9.80 Å². The van der Waals surface area contributed by atoms with Crippen LogP contribution in [-0.4, -0.2) is 40.7 Å². The number of aryl methyl sites for hydroxylation is 1. The summed E-state index contributed by atoms with van der Waals surface area (Å²) in [7, 11) is 0. The summed E-state index contributed by atoms with van der Waals surface area (Å²) < 4.78 is 0. The second kappa shape index (κ2) is 8.91. The molecule has 28 heavy (non-hydrogen) atoms. The number of benzene rings is 1. The summed E-state index contributed by atoms with van der Waals surface area (Å²) >= 11 is 1.77. The fourth-order valence-corrected chi connectivity index (χ4v) is 4.87. The molecular formula is C23H30N2O2S. The molecule has 1 aliphatic heterocycles. The van der Waals surface area contributed by atoms with E-state index in [2.05, 4.69) is 30.5 Å². The van der Waals surface area contributed by atoms with E-state index < -0.39 is 0 Å². The van der Waals surface area contributed by atoms with Crippen molar-refractivity contribution in [2.45, 2.75) is 59.0 Å². The first kappa shape index (κ1) is 20.6. The molecular weight excluding hydrogens is 368 g/mol. The molecule has 2 amide bonds. The van der Waals surface area contributed by atoms with Gasteiger partial charge >= 0.3 is 0 Å². The minimum absolute atomic E-state index is 0.0152. The Morgan fingerprint density at radius 1 is 1.21 bits per heavy atom. The number of nitrogens with zero attached hydrogens (tertiary/aromatic N) is 2. The van der Waals surface area contributed by atoms with Crippen molar-refractivity contribution in [1.29, 1.82) is 0 Å². The molecule has 5 heteroatoms. The molecule has 0 unspecified atom stereocenters. The number of thiophene rings is 1. The molecule has 2 aromatic rings. The quantitative estimate of drug-likeness (QED) is 0.715. The van der Waals surface area contributed by atoms with Crippen LogP contribution in [0.3, 0.4) is 0 Å². The lowest BCUT2D eigenvalue weighted by Gasteiger charge is -2.38. The topological polar surface area (TPSA) is 40.6 Å². The highest BCUT2D eigenvalue weighted by molar-refractivity contribution is 7.10. The molecule has 0 radical (unpaired) electrons. The van der Waals surface area contributed by atoms with Crippen molar-refractivity contribution >= 4 is 23.2 Å². The van der Waals surface area contributed by atoms with Crippen LogP contribution in [0, 0.1) is 6.92 Å². The van der Waals surface area contributed by atoms with E-state index in [-0.39, 0.29) is 30.4 Å². The van der Waals surface area contributed by atoms with Gasteiger partial charge in [0.05, 0.1) is 6.04 Å². The fraction of sp³-hybridized carbons (Fsp3) is 0.478. The van der Waals surface area contributed by atoms with Crippen molar-refractivity contribution in [3.8, 4) is 0 Å². The summed E-state index contributed by atoms with van der Waals surface area (Å²) in [5.74, 6) is 0.0924. The molecule has 1 aromatic carbocycles. The Morgan fingerprint density at radius 3 is 2.64 bits per heavy atom. The largest absolute Gasteiger partial charge is 0.331 e. The number of hydrogen-bond donors (Lipinski definition) is 0. The second-order valence-electron chi connectivity index (χ2n) is 7.76. The van der Waals surface area contributed by atoms with Crippen molar-refractivity contribution in [1.82, 2.24) is 9.80 Å². The predicted octanol–water partition coefficient (Wildman–Crippen LogP) is 4.57. The zero-order chi connectivity index (χ0) is 20.3. The van der Waals surface area contributed by atoms with E-state index in [9.17, 15) is 9.59 Å². The summed E-state index contributed by atoms with van der Waals surface area (Å²) in [5.41, 5.74) is 3.59. The zero-order valence-electron chi connectivity index (χ0n) is 17.3. The first-order chi connectivity index (χ1) is 13.4. The predicted molar refractivity (Wildman–Crippen MR) is 115 cm³/mol. The molecule has 150 valence electrons. The van der Waals surface area contributed by atoms with Crippen LogP contribution in [0.15, 0.2) is 35.7 Å². The monoisotopic (exact) mass is 398 g/mol. The van der Waals surface area contributed by atoms with E-state index in [4.69, 9.17) is 0 Å². The van der Waals surface area contributed by atoms with Crippen molar-refractivity contribution < 1.29 is 9.59 Å². The van der Waals surface area contributed by atoms with E-state index in [0.717, 1.165) is 12.8 Å². The number of amides is 2. The third-order valence-electron chi connectivity index (χ3n) is 5.48. The Bertz CT molecular complexity index is 843. The lowest BCUT2D eigenvalue weighted by molar-refractivity contribution is -0.143. The molecule has 0 fully saturated rings. The third-order valence-corrected chi connectivity index (χ3v) is 6.48. The summed E-state index contributed by atoms with van der Waals surface area (Å²) in [6.07, 6.45) is 2.16. The van der Waals surface area contributed by atoms with Gasteiger partial charge in [-0.25, -0.2) is 0 Å². The summed E-state index contributed by atoms with van der Waals surface area (Å²) in [4.78, 5) is 31.0. The van der Waals surface area contributed by atoms with Gasteiger partial charge in [0.2, 0.25) is 11.8 Å². The minimum atomic E-state index is -0.0704. The van der Waals surface area contributed by atoms with Gasteiger partial charge in [-0.1, -0.05) is 31.2 Å². The van der Waals surface area contributed by atoms with Crippen LogP contribution in [0.25, 0.3) is 0 Å². The van der Waals surface area contributed by atoms with Crippen molar-refractivity contribution in [2.24, 2.45) is 0 Å². The van der Waals surface area contributed by atoms with Crippen LogP contribution in [0.5, 0.6) is 0 Å². The molecule has 2 heterocycles. The average Bonchev–Trinajstić information content (AvgIpc) is 3.14. The second-order valence-corrected chi connectivity index (χ2v) is 8.76. The molecule has 1 aromatic heterocycles. The van der Waals surface area contributed by atoms with Crippen molar-refractivity contribution in [2.75, 3.05) is 13.1 Å². The molecule has 4 nitrogen and oxygen atoms in total. The molecule has 0 spiro atoms. The van der Waals surface area contributed by atoms with E-state index in [0.29, 0.717) is 13.0 Å². The number of carbonyl (C=O) groups is 2. The highest BCUT2D eigenvalue weighted by Crippen LogP contribution is 2.39. The smallest absolute Gasteiger partial charge is 0.243 e. The summed E-state index contributed by atoms with van der Waals surface area (Å²) in [6.45, 7) is 8.90. The van der Waals surface area contributed by atoms with Gasteiger partial charge in [-0.15, -0.1) is 11.3 Å². The van der Waals surface area contributed by atoms with Crippen LogP contribution in [0.4, 0.5) is 0 Å². The van der Waals surface area contributed by atoms with Crippen LogP contribution in [0.1, 0.15) is 61.2 Å². The first-order valence-electron chi connectivity index (χ1n) is 10.1. The van der Waals surface area contributed by atoms with E-state index in [1.807, 2.05) is 37.8 Å². The number of carbonyl (C=O) groups excluding carboxylic acids is 2. The Kier molecular flexibility index (Phi) is 6.55. The van der Waals surface area contributed by atoms with Crippen LogP contribution >= 0.6 is 11.3 Å². The molecule has 0 saturated carbocycles. The Morgan fingerprint density at radius 2 is 1.96 bits per heavy atom. The lowest BCUT2D eigenvalue weighted by atomic mass is 9.90. The molecule has 1 aliphatic rings. The van der Waals surface area contributed by atoms with Gasteiger partial charge in [0, 0.05) is 23.9 Å². The number of rotatable bonds is 6. The molecule has 0 aliphatic carbocycles. The van der Waals surface area contributed by atoms with Crippen molar-refractivity contribution in [3.63, 3.8) is 0 Å². The fourth-order valence-electron chi connectivity index (χ4n) is 3.97. The standard InChI is InChI=1S/C23H30N2O2S/c1-5-8-21(26)25(16(2)3)15-22(27)24-13-11-20-19(12-14-28-20)23(24)18-10-7-6-9-17(18)4/h6-7,9-10,12,14,16,23H,5,8,11,13,15H2,1-4H3/t23-/m1/s1. The molecule has 0 saturated heterocycles. The van der Waals surface area contributed by atoms with Gasteiger partial charge in [-0.2, -0.15) is 0 Å². The Labute approximate surface area is 172 Å². The van der Waals surface area contributed by atoms with Gasteiger partial charge in [-0.3, -0.25) is 9.59 Å². The highest BCUT2D eigenvalue weighted by atomic mass is 32.1. The molecule has 0 N–H and O–H groups in total. The Hall–Kier alpha value is -2.14.